The van der Waals surface area contributed by atoms with E-state index in [2.05, 4.69) is 11.1 Å². The van der Waals surface area contributed by atoms with Crippen LogP contribution in [0.5, 0.6) is 0 Å². The van der Waals surface area contributed by atoms with Crippen molar-refractivity contribution in [1.29, 1.82) is 0 Å². The van der Waals surface area contributed by atoms with E-state index in [1.807, 2.05) is 38.1 Å². The Morgan fingerprint density at radius 1 is 1.44 bits per heavy atom. The fraction of sp³-hybridized carbons (Fsp3) is 0.333. The molecule has 0 N–H and O–H groups in total. The van der Waals surface area contributed by atoms with Crippen molar-refractivity contribution in [1.82, 2.24) is 0 Å². The van der Waals surface area contributed by atoms with Crippen molar-refractivity contribution in [3.8, 4) is 0 Å². The van der Waals surface area contributed by atoms with Crippen LogP contribution < -0.4 is 0 Å². The van der Waals surface area contributed by atoms with E-state index >= 15 is 0 Å². The van der Waals surface area contributed by atoms with Gasteiger partial charge in [0.2, 0.25) is 0 Å². The molecule has 2 rings (SSSR count). The van der Waals surface area contributed by atoms with Crippen molar-refractivity contribution >= 4 is 22.6 Å². The minimum absolute atomic E-state index is 0. The normalized spacial score (nSPS) is 18.6. The molecule has 0 aromatic heterocycles. The van der Waals surface area contributed by atoms with Crippen molar-refractivity contribution in [3.05, 3.63) is 35.9 Å². The van der Waals surface area contributed by atoms with Crippen LogP contribution in [-0.4, -0.2) is 22.1 Å². The molecule has 0 aliphatic carbocycles. The van der Waals surface area contributed by atoms with Crippen LogP contribution in [0.25, 0.3) is 0 Å². The molecular formula is C12H12IrNOS-. The van der Waals surface area contributed by atoms with Crippen LogP contribution in [0.15, 0.2) is 29.3 Å². The summed E-state index contributed by atoms with van der Waals surface area (Å²) in [6.07, 6.45) is 0. The maximum Gasteiger partial charge on any atom is 0.168 e. The number of hydrogen-bond donors (Lipinski definition) is 0. The van der Waals surface area contributed by atoms with E-state index in [1.165, 1.54) is 11.8 Å². The van der Waals surface area contributed by atoms with E-state index in [0.717, 1.165) is 10.6 Å². The first-order valence-corrected chi connectivity index (χ1v) is 5.81. The number of nitrogens with zero attached hydrogens (tertiary/aromatic N) is 1. The van der Waals surface area contributed by atoms with Gasteiger partial charge in [0.25, 0.3) is 0 Å². The van der Waals surface area contributed by atoms with Gasteiger partial charge in [-0.1, -0.05) is 0 Å². The fourth-order valence-electron chi connectivity index (χ4n) is 1.32. The summed E-state index contributed by atoms with van der Waals surface area (Å²) in [5.74, 6) is 0.696. The number of carbonyl (C=O) groups is 1. The molecule has 0 fully saturated rings. The van der Waals surface area contributed by atoms with E-state index in [9.17, 15) is 4.79 Å². The minimum Gasteiger partial charge on any atom is -0.312 e. The van der Waals surface area contributed by atoms with Crippen LogP contribution in [0.3, 0.4) is 0 Å². The second kappa shape index (κ2) is 5.26. The molecule has 87 valence electrons. The van der Waals surface area contributed by atoms with E-state index in [1.54, 1.807) is 0 Å². The molecule has 1 aromatic rings. The van der Waals surface area contributed by atoms with Gasteiger partial charge < -0.3 is 4.99 Å². The molecule has 0 saturated carbocycles. The molecule has 0 saturated heterocycles. The number of carbonyl (C=O) groups excluding carboxylic acids is 1. The first kappa shape index (κ1) is 13.6. The molecule has 0 atom stereocenters. The van der Waals surface area contributed by atoms with Gasteiger partial charge in [-0.2, -0.15) is 11.8 Å². The molecular weight excluding hydrogens is 398 g/mol. The molecule has 1 aromatic carbocycles. The Labute approximate surface area is 113 Å². The molecule has 0 bridgehead atoms. The van der Waals surface area contributed by atoms with Gasteiger partial charge in [-0.25, -0.2) is 0 Å². The Hall–Kier alpha value is -0.441. The average molecular weight is 411 g/mol. The smallest absolute Gasteiger partial charge is 0.168 e. The Morgan fingerprint density at radius 2 is 2.19 bits per heavy atom. The van der Waals surface area contributed by atoms with E-state index in [4.69, 9.17) is 0 Å². The third-order valence-electron chi connectivity index (χ3n) is 2.34. The quantitative estimate of drug-likeness (QED) is 0.665. The van der Waals surface area contributed by atoms with Crippen LogP contribution in [-0.2, 0) is 24.9 Å². The second-order valence-electron chi connectivity index (χ2n) is 3.96. The van der Waals surface area contributed by atoms with Gasteiger partial charge in [0.15, 0.2) is 5.78 Å². The van der Waals surface area contributed by atoms with E-state index in [-0.39, 0.29) is 25.9 Å². The summed E-state index contributed by atoms with van der Waals surface area (Å²) in [6, 6.07) is 10.8. The number of aliphatic imine (C=N–C) groups is 1. The van der Waals surface area contributed by atoms with Crippen LogP contribution in [0, 0.1) is 6.07 Å². The molecule has 1 aliphatic heterocycles. The average Bonchev–Trinajstić information content (AvgIpc) is 2.23. The zero-order valence-electron chi connectivity index (χ0n) is 9.11. The number of ketones is 1. The SMILES string of the molecule is CC1(C)N=C(c2[c-]cccc2)SCC1=O.[Ir]. The summed E-state index contributed by atoms with van der Waals surface area (Å²) in [5.41, 5.74) is 0.396. The van der Waals surface area contributed by atoms with Gasteiger partial charge >= 0.3 is 0 Å². The number of thioether (sulfide) groups is 1. The number of hydrogen-bond acceptors (Lipinski definition) is 3. The molecule has 16 heavy (non-hydrogen) atoms. The van der Waals surface area contributed by atoms with Crippen molar-refractivity contribution in [2.45, 2.75) is 19.4 Å². The largest absolute Gasteiger partial charge is 0.312 e. The Balaban J connectivity index is 0.00000128. The van der Waals surface area contributed by atoms with Gasteiger partial charge in [0.1, 0.15) is 5.54 Å². The number of rotatable bonds is 1. The van der Waals surface area contributed by atoms with Gasteiger partial charge in [0, 0.05) is 25.1 Å². The molecule has 0 spiro atoms. The second-order valence-corrected chi connectivity index (χ2v) is 4.93. The molecule has 1 heterocycles. The standard InChI is InChI=1S/C12H12NOS.Ir/c1-12(2)10(14)8-15-11(13-12)9-6-4-3-5-7-9;/h3-6H,8H2,1-2H3;/q-1;. The summed E-state index contributed by atoms with van der Waals surface area (Å²) in [4.78, 5) is 16.0. The molecule has 1 aliphatic rings. The maximum absolute atomic E-state index is 11.6. The summed E-state index contributed by atoms with van der Waals surface area (Å²) >= 11 is 1.50. The van der Waals surface area contributed by atoms with Gasteiger partial charge in [-0.05, 0) is 13.8 Å². The first-order chi connectivity index (χ1) is 7.09. The minimum atomic E-state index is -0.579. The monoisotopic (exact) mass is 411 g/mol. The third kappa shape index (κ3) is 2.82. The van der Waals surface area contributed by atoms with E-state index in [0.29, 0.717) is 5.75 Å². The summed E-state index contributed by atoms with van der Waals surface area (Å²) in [5, 5.41) is 0.917. The van der Waals surface area contributed by atoms with Crippen LogP contribution in [0.2, 0.25) is 0 Å². The van der Waals surface area contributed by atoms with Crippen molar-refractivity contribution < 1.29 is 24.9 Å². The van der Waals surface area contributed by atoms with Crippen molar-refractivity contribution in [2.24, 2.45) is 4.99 Å². The summed E-state index contributed by atoms with van der Waals surface area (Å²) in [6.45, 7) is 3.72. The molecule has 0 unspecified atom stereocenters. The van der Waals surface area contributed by atoms with E-state index < -0.39 is 5.54 Å². The maximum atomic E-state index is 11.6. The topological polar surface area (TPSA) is 29.4 Å². The van der Waals surface area contributed by atoms with Crippen molar-refractivity contribution in [2.75, 3.05) is 5.75 Å². The predicted molar refractivity (Wildman–Crippen MR) is 63.4 cm³/mol. The summed E-state index contributed by atoms with van der Waals surface area (Å²) in [7, 11) is 0. The fourth-order valence-corrected chi connectivity index (χ4v) is 2.52. The van der Waals surface area contributed by atoms with Crippen molar-refractivity contribution in [3.63, 3.8) is 0 Å². The number of benzene rings is 1. The molecule has 2 nitrogen and oxygen atoms in total. The first-order valence-electron chi connectivity index (χ1n) is 4.83. The Morgan fingerprint density at radius 3 is 2.75 bits per heavy atom. The van der Waals surface area contributed by atoms with Crippen LogP contribution >= 0.6 is 11.8 Å². The zero-order valence-corrected chi connectivity index (χ0v) is 12.3. The summed E-state index contributed by atoms with van der Waals surface area (Å²) < 4.78 is 0. The Bertz CT molecular complexity index is 414. The van der Waals surface area contributed by atoms with Gasteiger partial charge in [-0.3, -0.25) is 4.79 Å². The zero-order chi connectivity index (χ0) is 10.9. The third-order valence-corrected chi connectivity index (χ3v) is 3.33. The van der Waals surface area contributed by atoms with Crippen LogP contribution in [0.1, 0.15) is 19.4 Å². The number of Topliss-reactive ketones (excluding diaryl/α,β-unsaturated/α-hetero) is 1. The molecule has 1 radical (unpaired) electrons. The predicted octanol–water partition coefficient (Wildman–Crippen LogP) is 2.33. The van der Waals surface area contributed by atoms with Gasteiger partial charge in [0.05, 0.1) is 5.75 Å². The molecule has 0 amide bonds. The van der Waals surface area contributed by atoms with Gasteiger partial charge in [-0.15, -0.1) is 35.9 Å². The van der Waals surface area contributed by atoms with Crippen LogP contribution in [0.4, 0.5) is 0 Å². The molecule has 4 heteroatoms. The Kier molecular flexibility index (Phi) is 4.48.